The molecule has 0 bridgehead atoms. The molecule has 0 radical (unpaired) electrons. The second-order valence-corrected chi connectivity index (χ2v) is 6.53. The molecular formula is C16H21Cl2N5O. The van der Waals surface area contributed by atoms with Crippen LogP contribution < -0.4 is 11.1 Å². The van der Waals surface area contributed by atoms with Gasteiger partial charge in [-0.2, -0.15) is 0 Å². The number of carbonyl (C=O) groups excluding carboxylic acids is 1. The van der Waals surface area contributed by atoms with E-state index in [9.17, 15) is 4.79 Å². The summed E-state index contributed by atoms with van der Waals surface area (Å²) >= 11 is 12.4. The summed E-state index contributed by atoms with van der Waals surface area (Å²) in [7, 11) is 0. The summed E-state index contributed by atoms with van der Waals surface area (Å²) in [5.74, 6) is 0.190. The van der Waals surface area contributed by atoms with Crippen molar-refractivity contribution in [1.82, 2.24) is 20.1 Å². The minimum atomic E-state index is -0.431. The van der Waals surface area contributed by atoms with Crippen LogP contribution >= 0.6 is 23.2 Å². The lowest BCUT2D eigenvalue weighted by atomic mass is 9.94. The molecule has 0 fully saturated rings. The van der Waals surface area contributed by atoms with Gasteiger partial charge in [0, 0.05) is 12.1 Å². The maximum atomic E-state index is 12.3. The summed E-state index contributed by atoms with van der Waals surface area (Å²) in [6.45, 7) is 6.08. The molecule has 0 saturated carbocycles. The third-order valence-corrected chi connectivity index (χ3v) is 4.74. The fourth-order valence-corrected chi connectivity index (χ4v) is 2.78. The van der Waals surface area contributed by atoms with Crippen LogP contribution in [-0.4, -0.2) is 32.8 Å². The Balaban J connectivity index is 2.24. The van der Waals surface area contributed by atoms with E-state index in [1.54, 1.807) is 25.1 Å². The summed E-state index contributed by atoms with van der Waals surface area (Å²) in [5, 5.41) is 7.89. The van der Waals surface area contributed by atoms with Crippen LogP contribution in [0.1, 0.15) is 43.1 Å². The molecule has 1 aromatic heterocycles. The van der Waals surface area contributed by atoms with Crippen molar-refractivity contribution in [2.45, 2.75) is 39.2 Å². The average molecular weight is 370 g/mol. The number of nitrogens with zero attached hydrogens (tertiary/aromatic N) is 3. The number of benzene rings is 1. The predicted molar refractivity (Wildman–Crippen MR) is 95.9 cm³/mol. The van der Waals surface area contributed by atoms with Crippen LogP contribution in [0.2, 0.25) is 10.0 Å². The summed E-state index contributed by atoms with van der Waals surface area (Å²) in [6, 6.07) is 5.15. The van der Waals surface area contributed by atoms with Gasteiger partial charge in [0.05, 0.1) is 10.0 Å². The first-order valence-electron chi connectivity index (χ1n) is 7.76. The van der Waals surface area contributed by atoms with Crippen molar-refractivity contribution < 1.29 is 4.79 Å². The van der Waals surface area contributed by atoms with Crippen LogP contribution in [0.3, 0.4) is 0 Å². The van der Waals surface area contributed by atoms with Gasteiger partial charge in [0.2, 0.25) is 5.82 Å². The zero-order valence-electron chi connectivity index (χ0n) is 13.9. The summed E-state index contributed by atoms with van der Waals surface area (Å²) in [5.41, 5.74) is 6.26. The molecule has 0 atom stereocenters. The maximum absolute atomic E-state index is 12.3. The fourth-order valence-electron chi connectivity index (χ4n) is 2.22. The summed E-state index contributed by atoms with van der Waals surface area (Å²) < 4.78 is 1.47. The predicted octanol–water partition coefficient (Wildman–Crippen LogP) is 3.13. The molecule has 8 heteroatoms. The van der Waals surface area contributed by atoms with Crippen LogP contribution in [0, 0.1) is 6.92 Å². The molecule has 0 unspecified atom stereocenters. The van der Waals surface area contributed by atoms with E-state index >= 15 is 0 Å². The van der Waals surface area contributed by atoms with Gasteiger partial charge in [0.25, 0.3) is 5.91 Å². The van der Waals surface area contributed by atoms with E-state index < -0.39 is 5.54 Å². The van der Waals surface area contributed by atoms with Gasteiger partial charge in [0.1, 0.15) is 11.5 Å². The molecule has 0 aliphatic carbocycles. The third-order valence-electron chi connectivity index (χ3n) is 4.13. The zero-order valence-corrected chi connectivity index (χ0v) is 15.4. The second kappa shape index (κ2) is 7.51. The molecule has 0 saturated heterocycles. The van der Waals surface area contributed by atoms with E-state index in [4.69, 9.17) is 28.9 Å². The van der Waals surface area contributed by atoms with Crippen molar-refractivity contribution in [2.24, 2.45) is 5.73 Å². The third kappa shape index (κ3) is 3.88. The highest BCUT2D eigenvalue weighted by atomic mass is 35.5. The highest BCUT2D eigenvalue weighted by Gasteiger charge is 2.23. The number of hydrogen-bond acceptors (Lipinski definition) is 4. The van der Waals surface area contributed by atoms with Crippen molar-refractivity contribution in [2.75, 3.05) is 6.54 Å². The smallest absolute Gasteiger partial charge is 0.291 e. The summed E-state index contributed by atoms with van der Waals surface area (Å²) in [4.78, 5) is 16.5. The van der Waals surface area contributed by atoms with Crippen molar-refractivity contribution in [3.05, 3.63) is 39.9 Å². The number of nitrogens with one attached hydrogen (secondary N) is 1. The van der Waals surface area contributed by atoms with Crippen LogP contribution in [0.15, 0.2) is 18.2 Å². The normalized spacial score (nSPS) is 11.6. The highest BCUT2D eigenvalue weighted by molar-refractivity contribution is 6.37. The Morgan fingerprint density at radius 3 is 2.42 bits per heavy atom. The molecule has 0 aliphatic rings. The largest absolute Gasteiger partial charge is 0.347 e. The van der Waals surface area contributed by atoms with E-state index in [1.165, 1.54) is 4.68 Å². The van der Waals surface area contributed by atoms with Gasteiger partial charge in [-0.25, -0.2) is 9.67 Å². The molecule has 1 amide bonds. The quantitative estimate of drug-likeness (QED) is 0.818. The molecule has 0 aliphatic heterocycles. The Morgan fingerprint density at radius 2 is 1.88 bits per heavy atom. The lowest BCUT2D eigenvalue weighted by Crippen LogP contribution is -2.49. The molecule has 2 rings (SSSR count). The van der Waals surface area contributed by atoms with Gasteiger partial charge in [-0.05, 0) is 31.9 Å². The van der Waals surface area contributed by atoms with Gasteiger partial charge in [-0.3, -0.25) is 4.79 Å². The number of aromatic nitrogens is 3. The highest BCUT2D eigenvalue weighted by Crippen LogP contribution is 2.28. The number of nitrogens with two attached hydrogens (primary N) is 1. The van der Waals surface area contributed by atoms with Gasteiger partial charge < -0.3 is 11.1 Å². The lowest BCUT2D eigenvalue weighted by Gasteiger charge is -2.26. The van der Waals surface area contributed by atoms with Crippen LogP contribution in [0.5, 0.6) is 0 Å². The molecule has 6 nitrogen and oxygen atoms in total. The van der Waals surface area contributed by atoms with Crippen LogP contribution in [0.25, 0.3) is 5.69 Å². The number of halogens is 2. The molecular weight excluding hydrogens is 349 g/mol. The first-order chi connectivity index (χ1) is 11.3. The minimum Gasteiger partial charge on any atom is -0.347 e. The molecule has 130 valence electrons. The fraction of sp³-hybridized carbons (Fsp3) is 0.438. The van der Waals surface area contributed by atoms with Gasteiger partial charge in [-0.15, -0.1) is 5.10 Å². The molecule has 2 aromatic rings. The van der Waals surface area contributed by atoms with Crippen LogP contribution in [-0.2, 0) is 0 Å². The number of hydrogen-bond donors (Lipinski definition) is 2. The van der Waals surface area contributed by atoms with E-state index in [-0.39, 0.29) is 11.7 Å². The number of carbonyl (C=O) groups is 1. The second-order valence-electron chi connectivity index (χ2n) is 5.72. The molecule has 3 N–H and O–H groups in total. The first kappa shape index (κ1) is 18.7. The SMILES string of the molecule is CCC(N)(CC)CNC(=O)c1nc(C)n(-c2c(Cl)cccc2Cl)n1. The van der Waals surface area contributed by atoms with Crippen molar-refractivity contribution in [3.8, 4) is 5.69 Å². The van der Waals surface area contributed by atoms with Gasteiger partial charge >= 0.3 is 0 Å². The zero-order chi connectivity index (χ0) is 17.9. The molecule has 1 heterocycles. The average Bonchev–Trinajstić information content (AvgIpc) is 2.94. The minimum absolute atomic E-state index is 0.0537. The van der Waals surface area contributed by atoms with Gasteiger partial charge in [0.15, 0.2) is 0 Å². The summed E-state index contributed by atoms with van der Waals surface area (Å²) in [6.07, 6.45) is 1.53. The standard InChI is InChI=1S/C16H21Cl2N5O/c1-4-16(19,5-2)9-20-15(24)14-21-10(3)23(22-14)13-11(17)7-6-8-12(13)18/h6-8H,4-5,9,19H2,1-3H3,(H,20,24). The molecule has 1 aromatic carbocycles. The van der Waals surface area contributed by atoms with Crippen molar-refractivity contribution >= 4 is 29.1 Å². The van der Waals surface area contributed by atoms with E-state index in [0.29, 0.717) is 28.1 Å². The number of rotatable bonds is 6. The molecule has 24 heavy (non-hydrogen) atoms. The number of amides is 1. The Morgan fingerprint density at radius 1 is 1.29 bits per heavy atom. The Labute approximate surface area is 151 Å². The van der Waals surface area contributed by atoms with Crippen molar-refractivity contribution in [1.29, 1.82) is 0 Å². The Bertz CT molecular complexity index is 720. The Kier molecular flexibility index (Phi) is 5.85. The Hall–Kier alpha value is -1.63. The first-order valence-corrected chi connectivity index (χ1v) is 8.52. The van der Waals surface area contributed by atoms with E-state index in [0.717, 1.165) is 12.8 Å². The topological polar surface area (TPSA) is 85.8 Å². The maximum Gasteiger partial charge on any atom is 0.291 e. The lowest BCUT2D eigenvalue weighted by molar-refractivity contribution is 0.0931. The molecule has 0 spiro atoms. The monoisotopic (exact) mass is 369 g/mol. The number of aryl methyl sites for hydroxylation is 1. The van der Waals surface area contributed by atoms with Crippen LogP contribution in [0.4, 0.5) is 0 Å². The van der Waals surface area contributed by atoms with Gasteiger partial charge in [-0.1, -0.05) is 43.1 Å². The van der Waals surface area contributed by atoms with E-state index in [1.807, 2.05) is 13.8 Å². The van der Waals surface area contributed by atoms with Crippen molar-refractivity contribution in [3.63, 3.8) is 0 Å². The number of para-hydroxylation sites is 1. The van der Waals surface area contributed by atoms with E-state index in [2.05, 4.69) is 15.4 Å².